The minimum absolute atomic E-state index is 0.00590. The fourth-order valence-electron chi connectivity index (χ4n) is 4.19. The van der Waals surface area contributed by atoms with Crippen LogP contribution in [-0.4, -0.2) is 53.4 Å². The lowest BCUT2D eigenvalue weighted by atomic mass is 9.85. The van der Waals surface area contributed by atoms with E-state index in [4.69, 9.17) is 13.3 Å². The van der Waals surface area contributed by atoms with Crippen LogP contribution in [0.2, 0.25) is 6.04 Å². The van der Waals surface area contributed by atoms with Crippen LogP contribution in [0, 0.1) is 23.7 Å². The van der Waals surface area contributed by atoms with E-state index in [9.17, 15) is 9.59 Å². The van der Waals surface area contributed by atoms with E-state index in [-0.39, 0.29) is 35.5 Å². The number of likely N-dealkylation sites (tertiary alicyclic amines) is 1. The second-order valence-corrected chi connectivity index (χ2v) is 9.32. The molecule has 2 aliphatic carbocycles. The SMILES string of the molecule is CO[Si](CCCN1C(=O)C2C3C=CC(C3)C2C1=O)(OC)OC. The molecule has 3 rings (SSSR count). The number of amides is 2. The Morgan fingerprint density at radius 2 is 1.55 bits per heavy atom. The Morgan fingerprint density at radius 3 is 2.00 bits per heavy atom. The first-order valence-electron chi connectivity index (χ1n) is 7.76. The van der Waals surface area contributed by atoms with Crippen molar-refractivity contribution in [3.8, 4) is 0 Å². The molecule has 6 nitrogen and oxygen atoms in total. The molecule has 0 radical (unpaired) electrons. The third-order valence-electron chi connectivity index (χ3n) is 5.36. The molecule has 0 N–H and O–H groups in total. The monoisotopic (exact) mass is 325 g/mol. The molecule has 3 aliphatic rings. The van der Waals surface area contributed by atoms with E-state index in [0.29, 0.717) is 19.0 Å². The van der Waals surface area contributed by atoms with Gasteiger partial charge in [0.25, 0.3) is 0 Å². The largest absolute Gasteiger partial charge is 0.500 e. The van der Waals surface area contributed by atoms with Crippen molar-refractivity contribution in [2.24, 2.45) is 23.7 Å². The summed E-state index contributed by atoms with van der Waals surface area (Å²) in [6.45, 7) is 0.426. The predicted octanol–water partition coefficient (Wildman–Crippen LogP) is 1.06. The summed E-state index contributed by atoms with van der Waals surface area (Å²) < 4.78 is 16.1. The highest BCUT2D eigenvalue weighted by molar-refractivity contribution is 6.60. The number of carbonyl (C=O) groups excluding carboxylic acids is 2. The molecule has 4 atom stereocenters. The van der Waals surface area contributed by atoms with Crippen molar-refractivity contribution in [2.75, 3.05) is 27.9 Å². The molecule has 7 heteroatoms. The average molecular weight is 325 g/mol. The Balaban J connectivity index is 1.61. The van der Waals surface area contributed by atoms with Crippen LogP contribution >= 0.6 is 0 Å². The number of hydrogen-bond donors (Lipinski definition) is 0. The van der Waals surface area contributed by atoms with Gasteiger partial charge < -0.3 is 13.3 Å². The van der Waals surface area contributed by atoms with Gasteiger partial charge in [-0.15, -0.1) is 0 Å². The fraction of sp³-hybridized carbons (Fsp3) is 0.733. The Hall–Kier alpha value is -1.02. The number of imide groups is 1. The van der Waals surface area contributed by atoms with E-state index in [1.54, 1.807) is 21.3 Å². The van der Waals surface area contributed by atoms with E-state index in [1.165, 1.54) is 4.90 Å². The molecule has 22 heavy (non-hydrogen) atoms. The Morgan fingerprint density at radius 1 is 1.05 bits per heavy atom. The zero-order chi connectivity index (χ0) is 15.9. The molecule has 0 aromatic rings. The Bertz CT molecular complexity index is 466. The first-order valence-corrected chi connectivity index (χ1v) is 9.69. The molecule has 1 saturated carbocycles. The van der Waals surface area contributed by atoms with Crippen molar-refractivity contribution in [3.05, 3.63) is 12.2 Å². The van der Waals surface area contributed by atoms with Crippen molar-refractivity contribution in [1.29, 1.82) is 0 Å². The first kappa shape index (κ1) is 15.9. The van der Waals surface area contributed by atoms with Crippen molar-refractivity contribution in [3.63, 3.8) is 0 Å². The summed E-state index contributed by atoms with van der Waals surface area (Å²) in [5.41, 5.74) is 0. The lowest BCUT2D eigenvalue weighted by Gasteiger charge is -2.25. The second-order valence-electron chi connectivity index (χ2n) is 6.23. The van der Waals surface area contributed by atoms with E-state index in [2.05, 4.69) is 12.2 Å². The quantitative estimate of drug-likeness (QED) is 0.398. The van der Waals surface area contributed by atoms with Gasteiger partial charge in [0.2, 0.25) is 11.8 Å². The number of hydrogen-bond acceptors (Lipinski definition) is 5. The van der Waals surface area contributed by atoms with Crippen LogP contribution in [0.15, 0.2) is 12.2 Å². The van der Waals surface area contributed by atoms with Gasteiger partial charge in [-0.05, 0) is 24.7 Å². The molecular weight excluding hydrogens is 302 g/mol. The number of fused-ring (bicyclic) bond motifs is 5. The third kappa shape index (κ3) is 2.27. The topological polar surface area (TPSA) is 65.1 Å². The molecular formula is C15H23NO5Si. The van der Waals surface area contributed by atoms with Gasteiger partial charge >= 0.3 is 8.80 Å². The number of nitrogens with zero attached hydrogens (tertiary/aromatic N) is 1. The molecule has 0 spiro atoms. The zero-order valence-corrected chi connectivity index (χ0v) is 14.3. The molecule has 0 aromatic carbocycles. The van der Waals surface area contributed by atoms with E-state index in [0.717, 1.165) is 6.42 Å². The van der Waals surface area contributed by atoms with Gasteiger partial charge in [-0.3, -0.25) is 14.5 Å². The summed E-state index contributed by atoms with van der Waals surface area (Å²) >= 11 is 0. The highest BCUT2D eigenvalue weighted by atomic mass is 28.4. The van der Waals surface area contributed by atoms with Gasteiger partial charge in [-0.25, -0.2) is 0 Å². The molecule has 1 heterocycles. The minimum Gasteiger partial charge on any atom is -0.377 e. The van der Waals surface area contributed by atoms with Crippen molar-refractivity contribution >= 4 is 20.6 Å². The van der Waals surface area contributed by atoms with Gasteiger partial charge in [-0.1, -0.05) is 12.2 Å². The summed E-state index contributed by atoms with van der Waals surface area (Å²) in [5, 5.41) is 0. The van der Waals surface area contributed by atoms with E-state index in [1.807, 2.05) is 0 Å². The number of rotatable bonds is 7. The average Bonchev–Trinajstić information content (AvgIpc) is 3.21. The number of allylic oxidation sites excluding steroid dienone is 2. The van der Waals surface area contributed by atoms with Crippen LogP contribution in [0.5, 0.6) is 0 Å². The maximum Gasteiger partial charge on any atom is 0.500 e. The molecule has 122 valence electrons. The second kappa shape index (κ2) is 5.88. The van der Waals surface area contributed by atoms with Gasteiger partial charge in [-0.2, -0.15) is 0 Å². The zero-order valence-electron chi connectivity index (χ0n) is 13.3. The predicted molar refractivity (Wildman–Crippen MR) is 80.6 cm³/mol. The molecule has 1 aliphatic heterocycles. The molecule has 2 fully saturated rings. The molecule has 2 bridgehead atoms. The van der Waals surface area contributed by atoms with Gasteiger partial charge in [0.05, 0.1) is 11.8 Å². The van der Waals surface area contributed by atoms with E-state index < -0.39 is 8.80 Å². The first-order chi connectivity index (χ1) is 10.6. The van der Waals surface area contributed by atoms with E-state index >= 15 is 0 Å². The Labute approximate surface area is 131 Å². The summed E-state index contributed by atoms with van der Waals surface area (Å²) in [6.07, 6.45) is 5.83. The maximum atomic E-state index is 12.5. The normalized spacial score (nSPS) is 33.1. The Kier molecular flexibility index (Phi) is 4.24. The van der Waals surface area contributed by atoms with Crippen LogP contribution < -0.4 is 0 Å². The molecule has 0 aromatic heterocycles. The highest BCUT2D eigenvalue weighted by Crippen LogP contribution is 2.52. The van der Waals surface area contributed by atoms with Crippen LogP contribution in [-0.2, 0) is 22.9 Å². The lowest BCUT2D eigenvalue weighted by Crippen LogP contribution is -2.43. The summed E-state index contributed by atoms with van der Waals surface area (Å²) in [5.74, 6) is 0.315. The maximum absolute atomic E-state index is 12.5. The van der Waals surface area contributed by atoms with Crippen LogP contribution in [0.4, 0.5) is 0 Å². The van der Waals surface area contributed by atoms with Crippen LogP contribution in [0.1, 0.15) is 12.8 Å². The smallest absolute Gasteiger partial charge is 0.377 e. The van der Waals surface area contributed by atoms with Crippen LogP contribution in [0.3, 0.4) is 0 Å². The minimum atomic E-state index is -2.64. The van der Waals surface area contributed by atoms with Crippen LogP contribution in [0.25, 0.3) is 0 Å². The summed E-state index contributed by atoms with van der Waals surface area (Å²) in [6, 6.07) is 0.591. The van der Waals surface area contributed by atoms with Crippen molar-refractivity contribution in [1.82, 2.24) is 4.90 Å². The lowest BCUT2D eigenvalue weighted by molar-refractivity contribution is -0.140. The summed E-state index contributed by atoms with van der Waals surface area (Å²) in [7, 11) is 2.07. The third-order valence-corrected chi connectivity index (χ3v) is 8.19. The highest BCUT2D eigenvalue weighted by Gasteiger charge is 2.59. The molecule has 4 unspecified atom stereocenters. The van der Waals surface area contributed by atoms with Gasteiger partial charge in [0.1, 0.15) is 0 Å². The molecule has 1 saturated heterocycles. The van der Waals surface area contributed by atoms with Gasteiger partial charge in [0.15, 0.2) is 0 Å². The molecule has 2 amide bonds. The number of carbonyl (C=O) groups is 2. The van der Waals surface area contributed by atoms with Crippen molar-refractivity contribution < 1.29 is 22.9 Å². The standard InChI is InChI=1S/C15H23NO5Si/c1-19-22(20-2,21-3)8-4-7-16-14(17)12-10-5-6-11(9-10)13(12)15(16)18/h5-6,10-13H,4,7-9H2,1-3H3. The fourth-order valence-corrected chi connectivity index (χ4v) is 5.90. The summed E-state index contributed by atoms with van der Waals surface area (Å²) in [4.78, 5) is 26.5. The van der Waals surface area contributed by atoms with Gasteiger partial charge in [0, 0.05) is 33.9 Å². The van der Waals surface area contributed by atoms with Crippen molar-refractivity contribution in [2.45, 2.75) is 18.9 Å².